The lowest BCUT2D eigenvalue weighted by atomic mass is 9.79. The van der Waals surface area contributed by atoms with Crippen LogP contribution in [0.4, 0.5) is 0 Å². The van der Waals surface area contributed by atoms with Gasteiger partial charge in [-0.1, -0.05) is 18.4 Å². The van der Waals surface area contributed by atoms with Gasteiger partial charge >= 0.3 is 0 Å². The molecule has 1 aliphatic rings. The minimum atomic E-state index is -0.775. The first kappa shape index (κ1) is 10.1. The van der Waals surface area contributed by atoms with Crippen LogP contribution in [0.1, 0.15) is 25.7 Å². The fourth-order valence-electron chi connectivity index (χ4n) is 1.33. The first-order chi connectivity index (χ1) is 6.23. The lowest BCUT2D eigenvalue weighted by Crippen LogP contribution is -2.39. The van der Waals surface area contributed by atoms with E-state index in [2.05, 4.69) is 18.9 Å². The fraction of sp³-hybridized carbons (Fsp3) is 0.545. The molecule has 0 aliphatic heterocycles. The lowest BCUT2D eigenvalue weighted by molar-refractivity contribution is -0.0466. The highest BCUT2D eigenvalue weighted by Gasteiger charge is 2.39. The zero-order valence-corrected chi connectivity index (χ0v) is 7.88. The second-order valence-electron chi connectivity index (χ2n) is 3.32. The van der Waals surface area contributed by atoms with Crippen LogP contribution >= 0.6 is 0 Å². The van der Waals surface area contributed by atoms with Gasteiger partial charge in [0.15, 0.2) is 5.76 Å². The van der Waals surface area contributed by atoms with Crippen LogP contribution in [-0.4, -0.2) is 17.3 Å². The van der Waals surface area contributed by atoms with Crippen LogP contribution in [0.5, 0.6) is 0 Å². The topological polar surface area (TPSA) is 29.5 Å². The molecule has 0 unspecified atom stereocenters. The van der Waals surface area contributed by atoms with Gasteiger partial charge in [0, 0.05) is 0 Å². The molecule has 1 aliphatic carbocycles. The molecule has 0 bridgehead atoms. The first-order valence-electron chi connectivity index (χ1n) is 4.59. The molecule has 2 nitrogen and oxygen atoms in total. The average molecular weight is 180 g/mol. The number of hydrogen-bond donors (Lipinski definition) is 1. The van der Waals surface area contributed by atoms with E-state index in [0.29, 0.717) is 12.4 Å². The summed E-state index contributed by atoms with van der Waals surface area (Å²) < 4.78 is 5.36. The third kappa shape index (κ3) is 2.24. The number of hydrogen-bond acceptors (Lipinski definition) is 2. The Hall–Kier alpha value is -0.980. The van der Waals surface area contributed by atoms with Crippen molar-refractivity contribution in [1.82, 2.24) is 0 Å². The molecule has 13 heavy (non-hydrogen) atoms. The molecule has 1 fully saturated rings. The van der Waals surface area contributed by atoms with Gasteiger partial charge in [0.2, 0.25) is 0 Å². The zero-order chi connectivity index (χ0) is 9.73. The Bertz CT molecular complexity index is 232. The van der Waals surface area contributed by atoms with Crippen LogP contribution < -0.4 is 0 Å². The molecule has 0 aromatic heterocycles. The molecular formula is C11H16O2. The molecule has 0 saturated heterocycles. The maximum absolute atomic E-state index is 9.88. The molecule has 0 aromatic rings. The van der Waals surface area contributed by atoms with E-state index in [1.165, 1.54) is 0 Å². The highest BCUT2D eigenvalue weighted by molar-refractivity contribution is 5.12. The SMILES string of the molecule is C=C=C(OCCC=C)C1(O)CCC1. The molecule has 0 aromatic carbocycles. The first-order valence-corrected chi connectivity index (χ1v) is 4.59. The third-order valence-corrected chi connectivity index (χ3v) is 2.33. The molecule has 0 amide bonds. The smallest absolute Gasteiger partial charge is 0.169 e. The van der Waals surface area contributed by atoms with Crippen molar-refractivity contribution in [2.75, 3.05) is 6.61 Å². The molecule has 0 heterocycles. The molecular weight excluding hydrogens is 164 g/mol. The van der Waals surface area contributed by atoms with Crippen molar-refractivity contribution in [3.8, 4) is 0 Å². The molecule has 1 N–H and O–H groups in total. The Morgan fingerprint density at radius 3 is 2.69 bits per heavy atom. The minimum absolute atomic E-state index is 0.501. The van der Waals surface area contributed by atoms with E-state index in [1.807, 2.05) is 0 Å². The maximum atomic E-state index is 9.88. The number of rotatable bonds is 5. The molecule has 0 atom stereocenters. The van der Waals surface area contributed by atoms with E-state index in [4.69, 9.17) is 4.74 Å². The second-order valence-corrected chi connectivity index (χ2v) is 3.32. The summed E-state index contributed by atoms with van der Waals surface area (Å²) in [6, 6.07) is 0. The van der Waals surface area contributed by atoms with E-state index in [1.54, 1.807) is 6.08 Å². The summed E-state index contributed by atoms with van der Waals surface area (Å²) in [5.74, 6) is 0.501. The summed E-state index contributed by atoms with van der Waals surface area (Å²) in [7, 11) is 0. The average Bonchev–Trinajstić information content (AvgIpc) is 2.09. The van der Waals surface area contributed by atoms with Gasteiger partial charge in [-0.3, -0.25) is 0 Å². The van der Waals surface area contributed by atoms with E-state index >= 15 is 0 Å². The van der Waals surface area contributed by atoms with Gasteiger partial charge in [0.25, 0.3) is 0 Å². The van der Waals surface area contributed by atoms with Gasteiger partial charge in [-0.2, -0.15) is 0 Å². The molecule has 1 rings (SSSR count). The summed E-state index contributed by atoms with van der Waals surface area (Å²) in [6.45, 7) is 7.65. The van der Waals surface area contributed by atoms with Gasteiger partial charge in [0.1, 0.15) is 5.60 Å². The highest BCUT2D eigenvalue weighted by Crippen LogP contribution is 2.37. The highest BCUT2D eigenvalue weighted by atomic mass is 16.5. The maximum Gasteiger partial charge on any atom is 0.169 e. The van der Waals surface area contributed by atoms with E-state index in [-0.39, 0.29) is 0 Å². The van der Waals surface area contributed by atoms with Crippen molar-refractivity contribution in [1.29, 1.82) is 0 Å². The predicted octanol–water partition coefficient (Wildman–Crippen LogP) is 2.16. The molecule has 0 spiro atoms. The van der Waals surface area contributed by atoms with Crippen molar-refractivity contribution >= 4 is 0 Å². The van der Waals surface area contributed by atoms with Crippen LogP contribution in [0.3, 0.4) is 0 Å². The van der Waals surface area contributed by atoms with Crippen molar-refractivity contribution in [3.05, 3.63) is 30.7 Å². The fourth-order valence-corrected chi connectivity index (χ4v) is 1.33. The number of ether oxygens (including phenoxy) is 1. The zero-order valence-electron chi connectivity index (χ0n) is 7.88. The Balaban J connectivity index is 2.44. The Morgan fingerprint density at radius 2 is 2.31 bits per heavy atom. The van der Waals surface area contributed by atoms with Gasteiger partial charge in [-0.15, -0.1) is 6.58 Å². The minimum Gasteiger partial charge on any atom is -0.486 e. The summed E-state index contributed by atoms with van der Waals surface area (Å²) in [5, 5.41) is 9.88. The largest absolute Gasteiger partial charge is 0.486 e. The van der Waals surface area contributed by atoms with Crippen LogP contribution in [0, 0.1) is 0 Å². The third-order valence-electron chi connectivity index (χ3n) is 2.33. The normalized spacial score (nSPS) is 18.2. The van der Waals surface area contributed by atoms with Crippen molar-refractivity contribution in [3.63, 3.8) is 0 Å². The summed E-state index contributed by atoms with van der Waals surface area (Å²) in [4.78, 5) is 0. The standard InChI is InChI=1S/C11H16O2/c1-3-5-9-13-10(4-2)11(12)7-6-8-11/h3,12H,1-2,5-9H2. The van der Waals surface area contributed by atoms with Crippen LogP contribution in [0.25, 0.3) is 0 Å². The molecule has 0 radical (unpaired) electrons. The van der Waals surface area contributed by atoms with Gasteiger partial charge in [0.05, 0.1) is 6.61 Å². The molecule has 1 saturated carbocycles. The van der Waals surface area contributed by atoms with Crippen molar-refractivity contribution in [2.45, 2.75) is 31.3 Å². The summed E-state index contributed by atoms with van der Waals surface area (Å²) >= 11 is 0. The second kappa shape index (κ2) is 4.31. The number of aliphatic hydroxyl groups is 1. The Kier molecular flexibility index (Phi) is 3.35. The monoisotopic (exact) mass is 180 g/mol. The van der Waals surface area contributed by atoms with E-state index in [0.717, 1.165) is 25.7 Å². The van der Waals surface area contributed by atoms with Crippen molar-refractivity contribution in [2.24, 2.45) is 0 Å². The quantitative estimate of drug-likeness (QED) is 0.304. The van der Waals surface area contributed by atoms with Gasteiger partial charge < -0.3 is 9.84 Å². The van der Waals surface area contributed by atoms with Crippen LogP contribution in [0.15, 0.2) is 30.7 Å². The summed E-state index contributed by atoms with van der Waals surface area (Å²) in [6.07, 6.45) is 5.14. The van der Waals surface area contributed by atoms with E-state index in [9.17, 15) is 5.11 Å². The van der Waals surface area contributed by atoms with Gasteiger partial charge in [-0.05, 0) is 25.7 Å². The van der Waals surface area contributed by atoms with E-state index < -0.39 is 5.60 Å². The molecule has 72 valence electrons. The Morgan fingerprint density at radius 1 is 1.62 bits per heavy atom. The molecule has 2 heteroatoms. The Labute approximate surface area is 79.2 Å². The van der Waals surface area contributed by atoms with Crippen LogP contribution in [0.2, 0.25) is 0 Å². The van der Waals surface area contributed by atoms with Crippen molar-refractivity contribution < 1.29 is 9.84 Å². The predicted molar refractivity (Wildman–Crippen MR) is 52.2 cm³/mol. The lowest BCUT2D eigenvalue weighted by Gasteiger charge is -2.36. The summed E-state index contributed by atoms with van der Waals surface area (Å²) in [5.41, 5.74) is 1.89. The van der Waals surface area contributed by atoms with Crippen LogP contribution in [-0.2, 0) is 4.74 Å². The van der Waals surface area contributed by atoms with Gasteiger partial charge in [-0.25, -0.2) is 0 Å².